The van der Waals surface area contributed by atoms with Gasteiger partial charge in [-0.15, -0.1) is 0 Å². The lowest BCUT2D eigenvalue weighted by Gasteiger charge is -2.13. The molecular formula is C9H11BrFNO. The lowest BCUT2D eigenvalue weighted by atomic mass is 10.1. The molecule has 4 heteroatoms. The Balaban J connectivity index is 2.98. The first-order valence-corrected chi connectivity index (χ1v) is 4.64. The summed E-state index contributed by atoms with van der Waals surface area (Å²) in [5.41, 5.74) is 6.17. The maximum absolute atomic E-state index is 13.3. The first-order chi connectivity index (χ1) is 6.16. The van der Waals surface area contributed by atoms with E-state index in [0.29, 0.717) is 16.6 Å². The van der Waals surface area contributed by atoms with Gasteiger partial charge in [0.25, 0.3) is 0 Å². The molecule has 1 atom stereocenters. The number of halogens is 2. The molecule has 1 rings (SSSR count). The molecule has 72 valence electrons. The Morgan fingerprint density at radius 1 is 1.62 bits per heavy atom. The topological polar surface area (TPSA) is 35.2 Å². The minimum absolute atomic E-state index is 0.305. The van der Waals surface area contributed by atoms with Crippen LogP contribution >= 0.6 is 15.9 Å². The van der Waals surface area contributed by atoms with Crippen molar-refractivity contribution >= 4 is 15.9 Å². The van der Waals surface area contributed by atoms with Crippen LogP contribution in [0.25, 0.3) is 0 Å². The van der Waals surface area contributed by atoms with E-state index in [1.807, 2.05) is 0 Å². The van der Waals surface area contributed by atoms with Crippen molar-refractivity contribution in [2.75, 3.05) is 13.7 Å². The number of rotatable bonds is 3. The molecule has 0 bridgehead atoms. The van der Waals surface area contributed by atoms with Crippen molar-refractivity contribution < 1.29 is 9.13 Å². The van der Waals surface area contributed by atoms with Gasteiger partial charge in [-0.1, -0.05) is 22.0 Å². The highest BCUT2D eigenvalue weighted by Crippen LogP contribution is 2.24. The van der Waals surface area contributed by atoms with Crippen LogP contribution < -0.4 is 5.73 Å². The van der Waals surface area contributed by atoms with Gasteiger partial charge in [0.1, 0.15) is 5.82 Å². The zero-order valence-corrected chi connectivity index (χ0v) is 8.84. The second kappa shape index (κ2) is 4.69. The summed E-state index contributed by atoms with van der Waals surface area (Å²) in [5, 5.41) is 0. The van der Waals surface area contributed by atoms with Crippen LogP contribution in [0.3, 0.4) is 0 Å². The fourth-order valence-electron chi connectivity index (χ4n) is 1.13. The molecule has 1 unspecified atom stereocenters. The monoisotopic (exact) mass is 247 g/mol. The van der Waals surface area contributed by atoms with Gasteiger partial charge in [0.05, 0.1) is 12.6 Å². The van der Waals surface area contributed by atoms with Crippen LogP contribution in [0.4, 0.5) is 4.39 Å². The van der Waals surface area contributed by atoms with Gasteiger partial charge in [-0.3, -0.25) is 0 Å². The van der Waals surface area contributed by atoms with Crippen molar-refractivity contribution in [3.63, 3.8) is 0 Å². The number of hydrogen-bond donors (Lipinski definition) is 1. The molecule has 0 saturated heterocycles. The van der Waals surface area contributed by atoms with Gasteiger partial charge in [0.15, 0.2) is 0 Å². The summed E-state index contributed by atoms with van der Waals surface area (Å²) in [4.78, 5) is 0. The van der Waals surface area contributed by atoms with Gasteiger partial charge in [-0.05, 0) is 12.1 Å². The van der Waals surface area contributed by atoms with Crippen molar-refractivity contribution in [2.24, 2.45) is 5.73 Å². The first-order valence-electron chi connectivity index (χ1n) is 3.85. The summed E-state index contributed by atoms with van der Waals surface area (Å²) in [6.07, 6.45) is 0. The molecule has 1 aromatic rings. The van der Waals surface area contributed by atoms with Gasteiger partial charge in [-0.2, -0.15) is 0 Å². The smallest absolute Gasteiger partial charge is 0.129 e. The van der Waals surface area contributed by atoms with Gasteiger partial charge >= 0.3 is 0 Å². The molecule has 0 aliphatic carbocycles. The summed E-state index contributed by atoms with van der Waals surface area (Å²) >= 11 is 3.24. The Bertz CT molecular complexity index is 273. The van der Waals surface area contributed by atoms with E-state index in [2.05, 4.69) is 15.9 Å². The molecule has 0 aliphatic rings. The van der Waals surface area contributed by atoms with Crippen LogP contribution in [0.2, 0.25) is 0 Å². The Hall–Kier alpha value is -0.450. The van der Waals surface area contributed by atoms with E-state index >= 15 is 0 Å². The minimum Gasteiger partial charge on any atom is -0.383 e. The Morgan fingerprint density at radius 2 is 2.31 bits per heavy atom. The maximum Gasteiger partial charge on any atom is 0.129 e. The van der Waals surface area contributed by atoms with E-state index in [1.54, 1.807) is 12.1 Å². The summed E-state index contributed by atoms with van der Waals surface area (Å²) in [6, 6.07) is 4.34. The van der Waals surface area contributed by atoms with Gasteiger partial charge in [0, 0.05) is 17.1 Å². The molecule has 2 N–H and O–H groups in total. The average molecular weight is 248 g/mol. The fraction of sp³-hybridized carbons (Fsp3) is 0.333. The third-order valence-electron chi connectivity index (χ3n) is 1.72. The van der Waals surface area contributed by atoms with Crippen molar-refractivity contribution in [1.29, 1.82) is 0 Å². The molecule has 0 spiro atoms. The Labute approximate surface area is 85.0 Å². The van der Waals surface area contributed by atoms with E-state index in [0.717, 1.165) is 0 Å². The summed E-state index contributed by atoms with van der Waals surface area (Å²) in [7, 11) is 1.54. The first kappa shape index (κ1) is 10.6. The van der Waals surface area contributed by atoms with E-state index in [9.17, 15) is 4.39 Å². The molecule has 0 aliphatic heterocycles. The highest BCUT2D eigenvalue weighted by Gasteiger charge is 2.13. The molecule has 13 heavy (non-hydrogen) atoms. The van der Waals surface area contributed by atoms with Crippen LogP contribution in [0.1, 0.15) is 11.6 Å². The quantitative estimate of drug-likeness (QED) is 0.890. The predicted octanol–water partition coefficient (Wildman–Crippen LogP) is 2.23. The number of methoxy groups -OCH3 is 1. The Morgan fingerprint density at radius 3 is 2.85 bits per heavy atom. The molecule has 1 aromatic carbocycles. The minimum atomic E-state index is -0.430. The van der Waals surface area contributed by atoms with Crippen molar-refractivity contribution in [3.05, 3.63) is 34.1 Å². The predicted molar refractivity (Wildman–Crippen MR) is 52.9 cm³/mol. The molecule has 0 saturated carbocycles. The maximum atomic E-state index is 13.3. The summed E-state index contributed by atoms with van der Waals surface area (Å²) in [5.74, 6) is -0.307. The molecular weight excluding hydrogens is 237 g/mol. The van der Waals surface area contributed by atoms with Gasteiger partial charge in [0.2, 0.25) is 0 Å². The Kier molecular flexibility index (Phi) is 3.84. The number of hydrogen-bond acceptors (Lipinski definition) is 2. The zero-order valence-electron chi connectivity index (χ0n) is 7.26. The molecule has 0 fully saturated rings. The fourth-order valence-corrected chi connectivity index (χ4v) is 1.76. The summed E-state index contributed by atoms with van der Waals surface area (Å²) < 4.78 is 18.8. The van der Waals surface area contributed by atoms with Crippen LogP contribution in [0.5, 0.6) is 0 Å². The van der Waals surface area contributed by atoms with Crippen LogP contribution in [-0.4, -0.2) is 13.7 Å². The third kappa shape index (κ3) is 2.49. The van der Waals surface area contributed by atoms with Crippen LogP contribution in [-0.2, 0) is 4.74 Å². The van der Waals surface area contributed by atoms with Crippen molar-refractivity contribution in [2.45, 2.75) is 6.04 Å². The average Bonchev–Trinajstić information content (AvgIpc) is 2.04. The van der Waals surface area contributed by atoms with E-state index in [-0.39, 0.29) is 5.82 Å². The highest BCUT2D eigenvalue weighted by molar-refractivity contribution is 9.10. The van der Waals surface area contributed by atoms with E-state index < -0.39 is 6.04 Å². The molecule has 0 aromatic heterocycles. The normalized spacial score (nSPS) is 12.9. The van der Waals surface area contributed by atoms with Crippen LogP contribution in [0, 0.1) is 5.82 Å². The van der Waals surface area contributed by atoms with Gasteiger partial charge < -0.3 is 10.5 Å². The summed E-state index contributed by atoms with van der Waals surface area (Å²) in [6.45, 7) is 0.305. The largest absolute Gasteiger partial charge is 0.383 e. The second-order valence-electron chi connectivity index (χ2n) is 2.70. The highest BCUT2D eigenvalue weighted by atomic mass is 79.9. The lowest BCUT2D eigenvalue weighted by molar-refractivity contribution is 0.179. The lowest BCUT2D eigenvalue weighted by Crippen LogP contribution is -2.18. The SMILES string of the molecule is COCC(N)c1c(F)cccc1Br. The van der Waals surface area contributed by atoms with E-state index in [4.69, 9.17) is 10.5 Å². The number of benzene rings is 1. The van der Waals surface area contributed by atoms with E-state index in [1.165, 1.54) is 13.2 Å². The number of nitrogens with two attached hydrogens (primary N) is 1. The molecule has 2 nitrogen and oxygen atoms in total. The third-order valence-corrected chi connectivity index (χ3v) is 2.41. The van der Waals surface area contributed by atoms with Crippen molar-refractivity contribution in [1.82, 2.24) is 0 Å². The zero-order chi connectivity index (χ0) is 9.84. The molecule has 0 radical (unpaired) electrons. The van der Waals surface area contributed by atoms with Crippen molar-refractivity contribution in [3.8, 4) is 0 Å². The van der Waals surface area contributed by atoms with Crippen LogP contribution in [0.15, 0.2) is 22.7 Å². The standard InChI is InChI=1S/C9H11BrFNO/c1-13-5-8(12)9-6(10)3-2-4-7(9)11/h2-4,8H,5,12H2,1H3. The number of ether oxygens (including phenoxy) is 1. The van der Waals surface area contributed by atoms with Gasteiger partial charge in [-0.25, -0.2) is 4.39 Å². The second-order valence-corrected chi connectivity index (χ2v) is 3.55. The molecule has 0 heterocycles. The molecule has 0 amide bonds.